The van der Waals surface area contributed by atoms with Crippen LogP contribution in [0.3, 0.4) is 0 Å². The van der Waals surface area contributed by atoms with Gasteiger partial charge in [0.2, 0.25) is 0 Å². The molecular formula is C14H21NO2. The lowest BCUT2D eigenvalue weighted by Gasteiger charge is -2.14. The normalized spacial score (nSPS) is 15.2. The van der Waals surface area contributed by atoms with Gasteiger partial charge >= 0.3 is 0 Å². The first-order valence-electron chi connectivity index (χ1n) is 6.29. The summed E-state index contributed by atoms with van der Waals surface area (Å²) >= 11 is 0. The molecule has 0 bridgehead atoms. The molecule has 0 unspecified atom stereocenters. The predicted octanol–water partition coefficient (Wildman–Crippen LogP) is 2.62. The molecule has 17 heavy (non-hydrogen) atoms. The summed E-state index contributed by atoms with van der Waals surface area (Å²) in [6.45, 7) is 0.687. The molecule has 0 fully saturated rings. The van der Waals surface area contributed by atoms with E-state index in [1.54, 1.807) is 14.2 Å². The molecule has 3 nitrogen and oxygen atoms in total. The lowest BCUT2D eigenvalue weighted by Crippen LogP contribution is -2.12. The summed E-state index contributed by atoms with van der Waals surface area (Å²) in [4.78, 5) is 4.91. The third-order valence-corrected chi connectivity index (χ3v) is 3.40. The Bertz CT molecular complexity index is 377. The SMILES string of the molecule is CONCc1cc2c(cc1OC)CCCCC2. The van der Waals surface area contributed by atoms with Gasteiger partial charge in [0.05, 0.1) is 14.2 Å². The van der Waals surface area contributed by atoms with E-state index in [2.05, 4.69) is 17.6 Å². The Morgan fingerprint density at radius 1 is 1.06 bits per heavy atom. The van der Waals surface area contributed by atoms with E-state index in [1.165, 1.54) is 48.8 Å². The van der Waals surface area contributed by atoms with E-state index in [0.717, 1.165) is 5.75 Å². The van der Waals surface area contributed by atoms with E-state index in [-0.39, 0.29) is 0 Å². The van der Waals surface area contributed by atoms with Gasteiger partial charge in [-0.3, -0.25) is 0 Å². The van der Waals surface area contributed by atoms with Crippen molar-refractivity contribution in [3.05, 3.63) is 28.8 Å². The maximum atomic E-state index is 5.45. The number of hydrogen-bond acceptors (Lipinski definition) is 3. The minimum atomic E-state index is 0.687. The summed E-state index contributed by atoms with van der Waals surface area (Å²) in [5.41, 5.74) is 7.00. The number of fused-ring (bicyclic) bond motifs is 1. The van der Waals surface area contributed by atoms with Crippen LogP contribution < -0.4 is 10.2 Å². The van der Waals surface area contributed by atoms with Crippen LogP contribution >= 0.6 is 0 Å². The van der Waals surface area contributed by atoms with Crippen LogP contribution in [0.5, 0.6) is 5.75 Å². The molecule has 0 heterocycles. The Labute approximate surface area is 103 Å². The fourth-order valence-corrected chi connectivity index (χ4v) is 2.47. The van der Waals surface area contributed by atoms with E-state index in [9.17, 15) is 0 Å². The number of methoxy groups -OCH3 is 1. The molecule has 0 spiro atoms. The number of hydrogen-bond donors (Lipinski definition) is 1. The highest BCUT2D eigenvalue weighted by Gasteiger charge is 2.12. The van der Waals surface area contributed by atoms with Crippen molar-refractivity contribution in [3.8, 4) is 5.75 Å². The molecule has 0 aliphatic heterocycles. The third-order valence-electron chi connectivity index (χ3n) is 3.40. The van der Waals surface area contributed by atoms with Gasteiger partial charge in [0.25, 0.3) is 0 Å². The summed E-state index contributed by atoms with van der Waals surface area (Å²) in [5, 5.41) is 0. The lowest BCUT2D eigenvalue weighted by atomic mass is 9.99. The van der Waals surface area contributed by atoms with Crippen molar-refractivity contribution in [3.63, 3.8) is 0 Å². The maximum absolute atomic E-state index is 5.45. The molecule has 94 valence electrons. The Balaban J connectivity index is 2.28. The minimum absolute atomic E-state index is 0.687. The summed E-state index contributed by atoms with van der Waals surface area (Å²) in [6.07, 6.45) is 6.31. The molecule has 0 radical (unpaired) electrons. The highest BCUT2D eigenvalue weighted by Crippen LogP contribution is 2.28. The quantitative estimate of drug-likeness (QED) is 0.643. The lowest BCUT2D eigenvalue weighted by molar-refractivity contribution is 0.0861. The highest BCUT2D eigenvalue weighted by molar-refractivity contribution is 5.43. The Morgan fingerprint density at radius 2 is 1.76 bits per heavy atom. The molecule has 0 saturated heterocycles. The van der Waals surface area contributed by atoms with E-state index in [1.807, 2.05) is 0 Å². The molecular weight excluding hydrogens is 214 g/mol. The van der Waals surface area contributed by atoms with Crippen molar-refractivity contribution < 1.29 is 9.57 Å². The summed E-state index contributed by atoms with van der Waals surface area (Å²) in [7, 11) is 3.37. The fraction of sp³-hybridized carbons (Fsp3) is 0.571. The van der Waals surface area contributed by atoms with Crippen LogP contribution in [-0.2, 0) is 24.2 Å². The van der Waals surface area contributed by atoms with Crippen LogP contribution in [-0.4, -0.2) is 14.2 Å². The van der Waals surface area contributed by atoms with Gasteiger partial charge in [0, 0.05) is 12.1 Å². The molecule has 0 atom stereocenters. The second-order valence-electron chi connectivity index (χ2n) is 4.52. The van der Waals surface area contributed by atoms with Crippen LogP contribution in [0.2, 0.25) is 0 Å². The zero-order valence-corrected chi connectivity index (χ0v) is 10.7. The van der Waals surface area contributed by atoms with Crippen molar-refractivity contribution in [2.45, 2.75) is 38.6 Å². The van der Waals surface area contributed by atoms with Crippen molar-refractivity contribution in [1.29, 1.82) is 0 Å². The highest BCUT2D eigenvalue weighted by atomic mass is 16.6. The minimum Gasteiger partial charge on any atom is -0.496 e. The molecule has 1 aliphatic carbocycles. The topological polar surface area (TPSA) is 30.5 Å². The molecule has 2 rings (SSSR count). The third kappa shape index (κ3) is 2.99. The average molecular weight is 235 g/mol. The molecule has 0 amide bonds. The Kier molecular flexibility index (Phi) is 4.40. The van der Waals surface area contributed by atoms with Gasteiger partial charge in [0.1, 0.15) is 5.75 Å². The van der Waals surface area contributed by atoms with E-state index in [4.69, 9.17) is 9.57 Å². The van der Waals surface area contributed by atoms with Crippen LogP contribution in [0.4, 0.5) is 0 Å². The summed E-state index contributed by atoms with van der Waals surface area (Å²) in [5.74, 6) is 0.968. The summed E-state index contributed by atoms with van der Waals surface area (Å²) < 4.78 is 5.45. The molecule has 1 aliphatic rings. The monoisotopic (exact) mass is 235 g/mol. The van der Waals surface area contributed by atoms with E-state index in [0.29, 0.717) is 6.54 Å². The second-order valence-corrected chi connectivity index (χ2v) is 4.52. The number of rotatable bonds is 4. The van der Waals surface area contributed by atoms with Gasteiger partial charge in [-0.1, -0.05) is 12.5 Å². The summed E-state index contributed by atoms with van der Waals surface area (Å²) in [6, 6.07) is 4.47. The van der Waals surface area contributed by atoms with Crippen LogP contribution in [0.15, 0.2) is 12.1 Å². The largest absolute Gasteiger partial charge is 0.496 e. The van der Waals surface area contributed by atoms with Crippen molar-refractivity contribution in [2.24, 2.45) is 0 Å². The first-order valence-corrected chi connectivity index (χ1v) is 6.29. The molecule has 1 aromatic carbocycles. The number of ether oxygens (including phenoxy) is 1. The molecule has 3 heteroatoms. The van der Waals surface area contributed by atoms with Gasteiger partial charge < -0.3 is 9.57 Å². The Hall–Kier alpha value is -1.06. The smallest absolute Gasteiger partial charge is 0.123 e. The van der Waals surface area contributed by atoms with Crippen molar-refractivity contribution in [1.82, 2.24) is 5.48 Å². The fourth-order valence-electron chi connectivity index (χ4n) is 2.47. The van der Waals surface area contributed by atoms with E-state index < -0.39 is 0 Å². The van der Waals surface area contributed by atoms with Gasteiger partial charge in [-0.05, 0) is 42.9 Å². The molecule has 1 N–H and O–H groups in total. The zero-order chi connectivity index (χ0) is 12.1. The zero-order valence-electron chi connectivity index (χ0n) is 10.7. The number of hydroxylamine groups is 1. The first-order chi connectivity index (χ1) is 8.35. The maximum Gasteiger partial charge on any atom is 0.123 e. The molecule has 1 aromatic rings. The van der Waals surface area contributed by atoms with Crippen LogP contribution in [0, 0.1) is 0 Å². The van der Waals surface area contributed by atoms with E-state index >= 15 is 0 Å². The molecule has 0 aromatic heterocycles. The van der Waals surface area contributed by atoms with Crippen molar-refractivity contribution >= 4 is 0 Å². The van der Waals surface area contributed by atoms with Gasteiger partial charge in [0.15, 0.2) is 0 Å². The van der Waals surface area contributed by atoms with Gasteiger partial charge in [-0.25, -0.2) is 0 Å². The first kappa shape index (κ1) is 12.4. The van der Waals surface area contributed by atoms with Gasteiger partial charge in [-0.15, -0.1) is 0 Å². The van der Waals surface area contributed by atoms with Crippen molar-refractivity contribution in [2.75, 3.05) is 14.2 Å². The second kappa shape index (κ2) is 6.03. The number of aryl methyl sites for hydroxylation is 2. The molecule has 0 saturated carbocycles. The standard InChI is InChI=1S/C14H21NO2/c1-16-14-9-12-7-5-3-4-6-11(12)8-13(14)10-15-17-2/h8-9,15H,3-7,10H2,1-2H3. The van der Waals surface area contributed by atoms with Crippen LogP contribution in [0.1, 0.15) is 36.0 Å². The number of benzene rings is 1. The Morgan fingerprint density at radius 3 is 2.41 bits per heavy atom. The van der Waals surface area contributed by atoms with Gasteiger partial charge in [-0.2, -0.15) is 5.48 Å². The average Bonchev–Trinajstić information content (AvgIpc) is 2.59. The predicted molar refractivity (Wildman–Crippen MR) is 68.1 cm³/mol. The van der Waals surface area contributed by atoms with Crippen LogP contribution in [0.25, 0.3) is 0 Å². The number of nitrogens with one attached hydrogen (secondary N) is 1.